The molecule has 2 aliphatic rings. The van der Waals surface area contributed by atoms with Crippen LogP contribution in [0.3, 0.4) is 0 Å². The predicted molar refractivity (Wildman–Crippen MR) is 115 cm³/mol. The van der Waals surface area contributed by atoms with E-state index in [1.807, 2.05) is 23.6 Å². The summed E-state index contributed by atoms with van der Waals surface area (Å²) >= 11 is 3.06. The van der Waals surface area contributed by atoms with Gasteiger partial charge in [0.1, 0.15) is 16.4 Å². The maximum absolute atomic E-state index is 12.6. The van der Waals surface area contributed by atoms with Gasteiger partial charge in [0.2, 0.25) is 0 Å². The number of fused-ring (bicyclic) bond motifs is 2. The van der Waals surface area contributed by atoms with Gasteiger partial charge >= 0.3 is 0 Å². The van der Waals surface area contributed by atoms with Gasteiger partial charge in [0.05, 0.1) is 18.2 Å². The van der Waals surface area contributed by atoms with E-state index < -0.39 is 5.54 Å². The molecule has 0 spiro atoms. The lowest BCUT2D eigenvalue weighted by molar-refractivity contribution is -0.0466. The lowest BCUT2D eigenvalue weighted by Crippen LogP contribution is -2.49. The fraction of sp³-hybridized carbons (Fsp3) is 0.368. The van der Waals surface area contributed by atoms with Gasteiger partial charge in [-0.15, -0.1) is 11.3 Å². The number of nitrogens with zero attached hydrogens (tertiary/aromatic N) is 4. The van der Waals surface area contributed by atoms with Crippen molar-refractivity contribution in [3.63, 3.8) is 0 Å². The number of amidine groups is 1. The third-order valence-corrected chi connectivity index (χ3v) is 7.31. The number of carbonyl (C=O) groups excluding carboxylic acids is 1. The monoisotopic (exact) mass is 428 g/mol. The molecule has 1 amide bonds. The molecule has 0 saturated carbocycles. The van der Waals surface area contributed by atoms with E-state index in [1.54, 1.807) is 28.5 Å². The van der Waals surface area contributed by atoms with E-state index in [1.165, 1.54) is 11.3 Å². The van der Waals surface area contributed by atoms with Crippen molar-refractivity contribution in [2.75, 3.05) is 17.7 Å². The van der Waals surface area contributed by atoms with Gasteiger partial charge in [-0.2, -0.15) is 5.10 Å². The number of anilines is 1. The molecule has 5 heterocycles. The summed E-state index contributed by atoms with van der Waals surface area (Å²) in [6, 6.07) is 7.42. The molecule has 8 nitrogen and oxygen atoms in total. The Balaban J connectivity index is 1.41. The quantitative estimate of drug-likeness (QED) is 0.664. The maximum atomic E-state index is 12.6. The molecule has 0 aromatic carbocycles. The largest absolute Gasteiger partial charge is 0.379 e. The number of nitrogens with one attached hydrogen (secondary N) is 1. The van der Waals surface area contributed by atoms with Crippen molar-refractivity contribution in [1.82, 2.24) is 14.6 Å². The van der Waals surface area contributed by atoms with Gasteiger partial charge < -0.3 is 15.8 Å². The Morgan fingerprint density at radius 3 is 3.21 bits per heavy atom. The van der Waals surface area contributed by atoms with Crippen LogP contribution in [0.2, 0.25) is 0 Å². The molecule has 3 aromatic heterocycles. The second-order valence-corrected chi connectivity index (χ2v) is 9.23. The Bertz CT molecular complexity index is 1080. The fourth-order valence-electron chi connectivity index (χ4n) is 3.84. The normalized spacial score (nSPS) is 26.7. The number of ether oxygens (including phenoxy) is 1. The molecule has 150 valence electrons. The van der Waals surface area contributed by atoms with Crippen molar-refractivity contribution in [2.24, 2.45) is 16.6 Å². The molecule has 29 heavy (non-hydrogen) atoms. The lowest BCUT2D eigenvalue weighted by Gasteiger charge is -2.44. The summed E-state index contributed by atoms with van der Waals surface area (Å²) in [4.78, 5) is 22.1. The molecule has 0 bridgehead atoms. The van der Waals surface area contributed by atoms with E-state index in [0.29, 0.717) is 29.2 Å². The third kappa shape index (κ3) is 3.30. The van der Waals surface area contributed by atoms with Crippen molar-refractivity contribution in [1.29, 1.82) is 0 Å². The molecule has 3 unspecified atom stereocenters. The first-order chi connectivity index (χ1) is 14.0. The molecule has 3 N–H and O–H groups in total. The van der Waals surface area contributed by atoms with E-state index in [-0.39, 0.29) is 12.0 Å². The number of hydrogen-bond donors (Lipinski definition) is 2. The first-order valence-electron chi connectivity index (χ1n) is 9.35. The van der Waals surface area contributed by atoms with E-state index in [4.69, 9.17) is 15.5 Å². The average Bonchev–Trinajstić information content (AvgIpc) is 3.35. The summed E-state index contributed by atoms with van der Waals surface area (Å²) in [7, 11) is 0. The molecular formula is C19H20N6O2S2. The number of pyridine rings is 1. The average molecular weight is 429 g/mol. The maximum Gasteiger partial charge on any atom is 0.277 e. The number of rotatable bonds is 3. The summed E-state index contributed by atoms with van der Waals surface area (Å²) in [6.45, 7) is 2.53. The highest BCUT2D eigenvalue weighted by Gasteiger charge is 2.49. The molecule has 10 heteroatoms. The standard InChI is InChI=1S/C19H20N6O2S2/c1-11-6-12-8-29-18(20)23-19(12,10-27-11)17-22-15(9-28-17)21-16(26)14-7-13-4-2-3-5-25(13)24-14/h2-5,7,9,11-12H,6,8,10H2,1H3,(H2,20,23)(H,21,26). The highest BCUT2D eigenvalue weighted by atomic mass is 32.2. The predicted octanol–water partition coefficient (Wildman–Crippen LogP) is 2.72. The van der Waals surface area contributed by atoms with Crippen molar-refractivity contribution in [3.05, 3.63) is 46.5 Å². The van der Waals surface area contributed by atoms with Gasteiger partial charge in [-0.25, -0.2) is 14.5 Å². The van der Waals surface area contributed by atoms with Gasteiger partial charge in [-0.1, -0.05) is 17.8 Å². The topological polar surface area (TPSA) is 107 Å². The fourth-order valence-corrected chi connectivity index (χ4v) is 5.81. The third-order valence-electron chi connectivity index (χ3n) is 5.34. The van der Waals surface area contributed by atoms with Crippen LogP contribution in [-0.2, 0) is 10.3 Å². The molecule has 1 saturated heterocycles. The summed E-state index contributed by atoms with van der Waals surface area (Å²) in [6.07, 6.45) is 2.91. The second kappa shape index (κ2) is 7.12. The zero-order valence-electron chi connectivity index (χ0n) is 15.7. The van der Waals surface area contributed by atoms with E-state index in [2.05, 4.69) is 22.3 Å². The molecule has 0 aliphatic carbocycles. The number of nitrogens with two attached hydrogens (primary N) is 1. The molecule has 5 rings (SSSR count). The zero-order chi connectivity index (χ0) is 20.0. The van der Waals surface area contributed by atoms with Crippen molar-refractivity contribution >= 4 is 45.5 Å². The Labute approximate surface area is 175 Å². The molecular weight excluding hydrogens is 408 g/mol. The smallest absolute Gasteiger partial charge is 0.277 e. The summed E-state index contributed by atoms with van der Waals surface area (Å²) < 4.78 is 7.61. The molecule has 2 aliphatic heterocycles. The van der Waals surface area contributed by atoms with Crippen LogP contribution >= 0.6 is 23.1 Å². The van der Waals surface area contributed by atoms with Crippen LogP contribution in [0, 0.1) is 5.92 Å². The van der Waals surface area contributed by atoms with Crippen LogP contribution in [0.15, 0.2) is 40.8 Å². The first-order valence-corrected chi connectivity index (χ1v) is 11.2. The van der Waals surface area contributed by atoms with Crippen molar-refractivity contribution in [3.8, 4) is 0 Å². The highest BCUT2D eigenvalue weighted by molar-refractivity contribution is 8.13. The minimum Gasteiger partial charge on any atom is -0.379 e. The molecule has 3 atom stereocenters. The highest BCUT2D eigenvalue weighted by Crippen LogP contribution is 2.47. The van der Waals surface area contributed by atoms with E-state index >= 15 is 0 Å². The van der Waals surface area contributed by atoms with Gasteiger partial charge in [0, 0.05) is 23.2 Å². The van der Waals surface area contributed by atoms with Gasteiger partial charge in [0.25, 0.3) is 5.91 Å². The minimum atomic E-state index is -0.571. The summed E-state index contributed by atoms with van der Waals surface area (Å²) in [5.74, 6) is 1.39. The Morgan fingerprint density at radius 1 is 1.45 bits per heavy atom. The van der Waals surface area contributed by atoms with E-state index in [9.17, 15) is 4.79 Å². The zero-order valence-corrected chi connectivity index (χ0v) is 17.4. The number of aromatic nitrogens is 3. The van der Waals surface area contributed by atoms with Gasteiger partial charge in [-0.05, 0) is 31.5 Å². The second-order valence-electron chi connectivity index (χ2n) is 7.33. The summed E-state index contributed by atoms with van der Waals surface area (Å²) in [5, 5.41) is 10.4. The molecule has 0 radical (unpaired) electrons. The SMILES string of the molecule is CC1CC2CSC(N)=NC2(c2nc(NC(=O)c3cc4ccccn4n3)cs2)CO1. The van der Waals surface area contributed by atoms with Crippen LogP contribution in [0.5, 0.6) is 0 Å². The van der Waals surface area contributed by atoms with E-state index in [0.717, 1.165) is 22.7 Å². The van der Waals surface area contributed by atoms with Crippen LogP contribution in [-0.4, -0.2) is 44.1 Å². The number of hydrogen-bond acceptors (Lipinski definition) is 8. The van der Waals surface area contributed by atoms with Crippen LogP contribution in [0.4, 0.5) is 5.82 Å². The Morgan fingerprint density at radius 2 is 2.34 bits per heavy atom. The van der Waals surface area contributed by atoms with Crippen LogP contribution < -0.4 is 11.1 Å². The first kappa shape index (κ1) is 18.6. The van der Waals surface area contributed by atoms with Crippen LogP contribution in [0.1, 0.15) is 28.8 Å². The Kier molecular flexibility index (Phi) is 4.56. The molecule has 1 fully saturated rings. The Hall–Kier alpha value is -2.43. The van der Waals surface area contributed by atoms with Crippen molar-refractivity contribution < 1.29 is 9.53 Å². The van der Waals surface area contributed by atoms with Gasteiger partial charge in [0.15, 0.2) is 10.9 Å². The number of aliphatic imine (C=N–C) groups is 1. The number of thioether (sulfide) groups is 1. The number of carbonyl (C=O) groups is 1. The lowest BCUT2D eigenvalue weighted by atomic mass is 9.80. The number of thiazole rings is 1. The van der Waals surface area contributed by atoms with Crippen LogP contribution in [0.25, 0.3) is 5.52 Å². The van der Waals surface area contributed by atoms with Gasteiger partial charge in [-0.3, -0.25) is 4.79 Å². The van der Waals surface area contributed by atoms with Crippen molar-refractivity contribution in [2.45, 2.75) is 25.0 Å². The minimum absolute atomic E-state index is 0.192. The number of amides is 1. The molecule has 3 aromatic rings. The summed E-state index contributed by atoms with van der Waals surface area (Å²) in [5.41, 5.74) is 6.68.